The summed E-state index contributed by atoms with van der Waals surface area (Å²) in [5, 5.41) is 0. The van der Waals surface area contributed by atoms with E-state index < -0.39 is 0 Å². The Labute approximate surface area is 120 Å². The van der Waals surface area contributed by atoms with Crippen LogP contribution in [-0.4, -0.2) is 31.2 Å². The van der Waals surface area contributed by atoms with Crippen molar-refractivity contribution >= 4 is 5.69 Å². The van der Waals surface area contributed by atoms with Crippen molar-refractivity contribution < 1.29 is 0 Å². The van der Waals surface area contributed by atoms with Crippen LogP contribution in [0.3, 0.4) is 0 Å². The smallest absolute Gasteiger partial charge is 0.0716 e. The number of nitrogens with zero attached hydrogens (tertiary/aromatic N) is 2. The molecule has 20 heavy (non-hydrogen) atoms. The minimum absolute atomic E-state index is 0.832. The van der Waals surface area contributed by atoms with E-state index >= 15 is 0 Å². The summed E-state index contributed by atoms with van der Waals surface area (Å²) in [6, 6.07) is 20.7. The summed E-state index contributed by atoms with van der Waals surface area (Å²) in [5.74, 6) is 6.48. The van der Waals surface area contributed by atoms with Crippen molar-refractivity contribution in [2.24, 2.45) is 0 Å². The van der Waals surface area contributed by atoms with Gasteiger partial charge in [0.05, 0.1) is 13.2 Å². The van der Waals surface area contributed by atoms with Gasteiger partial charge >= 0.3 is 0 Å². The van der Waals surface area contributed by atoms with E-state index in [4.69, 9.17) is 0 Å². The van der Waals surface area contributed by atoms with Gasteiger partial charge in [-0.05, 0) is 24.3 Å². The molecule has 0 spiro atoms. The van der Waals surface area contributed by atoms with Crippen LogP contribution in [0.4, 0.5) is 5.69 Å². The van der Waals surface area contributed by atoms with Gasteiger partial charge in [-0.15, -0.1) is 0 Å². The Morgan fingerprint density at radius 1 is 0.850 bits per heavy atom. The minimum Gasteiger partial charge on any atom is -0.357 e. The molecule has 1 aliphatic heterocycles. The summed E-state index contributed by atoms with van der Waals surface area (Å²) in [4.78, 5) is 4.77. The summed E-state index contributed by atoms with van der Waals surface area (Å²) in [6.07, 6.45) is 0. The predicted octanol–water partition coefficient (Wildman–Crippen LogP) is 2.82. The molecule has 0 radical (unpaired) electrons. The summed E-state index contributed by atoms with van der Waals surface area (Å²) in [6.45, 7) is 3.96. The lowest BCUT2D eigenvalue weighted by Crippen LogP contribution is -2.25. The van der Waals surface area contributed by atoms with E-state index in [1.807, 2.05) is 30.3 Å². The third-order valence-corrected chi connectivity index (χ3v) is 3.49. The first-order valence-electron chi connectivity index (χ1n) is 6.98. The molecule has 1 fully saturated rings. The zero-order valence-electron chi connectivity index (χ0n) is 11.5. The van der Waals surface area contributed by atoms with E-state index in [2.05, 4.69) is 52.0 Å². The summed E-state index contributed by atoms with van der Waals surface area (Å²) in [7, 11) is 0. The van der Waals surface area contributed by atoms with Gasteiger partial charge in [-0.3, -0.25) is 4.90 Å². The van der Waals surface area contributed by atoms with Crippen molar-refractivity contribution in [1.29, 1.82) is 0 Å². The molecule has 100 valence electrons. The lowest BCUT2D eigenvalue weighted by atomic mass is 10.2. The molecule has 0 bridgehead atoms. The first-order valence-corrected chi connectivity index (χ1v) is 6.98. The minimum atomic E-state index is 0.832. The molecule has 2 aromatic rings. The lowest BCUT2D eigenvalue weighted by Gasteiger charge is -2.18. The molecule has 1 heterocycles. The number of benzene rings is 2. The molecule has 2 aromatic carbocycles. The van der Waals surface area contributed by atoms with Gasteiger partial charge in [0.2, 0.25) is 0 Å². The topological polar surface area (TPSA) is 6.48 Å². The van der Waals surface area contributed by atoms with Crippen LogP contribution in [0.5, 0.6) is 0 Å². The standard InChI is InChI=1S/C18H18N2/c1-3-8-17(9-4-1)10-7-13-19-14-15-20(16-19)18-11-5-2-6-12-18/h1-6,8-9,11-12H,13-16H2. The monoisotopic (exact) mass is 262 g/mol. The predicted molar refractivity (Wildman–Crippen MR) is 83.5 cm³/mol. The van der Waals surface area contributed by atoms with Crippen LogP contribution < -0.4 is 4.90 Å². The van der Waals surface area contributed by atoms with E-state index in [-0.39, 0.29) is 0 Å². The number of rotatable bonds is 2. The highest BCUT2D eigenvalue weighted by Gasteiger charge is 2.18. The Morgan fingerprint density at radius 2 is 1.55 bits per heavy atom. The first kappa shape index (κ1) is 12.8. The second-order valence-corrected chi connectivity index (χ2v) is 4.96. The van der Waals surface area contributed by atoms with Gasteiger partial charge in [-0.2, -0.15) is 0 Å². The van der Waals surface area contributed by atoms with Crippen LogP contribution in [-0.2, 0) is 0 Å². The summed E-state index contributed by atoms with van der Waals surface area (Å²) >= 11 is 0. The van der Waals surface area contributed by atoms with Crippen LogP contribution in [0.25, 0.3) is 0 Å². The van der Waals surface area contributed by atoms with Gasteiger partial charge < -0.3 is 4.90 Å². The third-order valence-electron chi connectivity index (χ3n) is 3.49. The number of hydrogen-bond donors (Lipinski definition) is 0. The van der Waals surface area contributed by atoms with Gasteiger partial charge in [-0.1, -0.05) is 48.2 Å². The molecule has 2 heteroatoms. The van der Waals surface area contributed by atoms with Crippen LogP contribution in [0.15, 0.2) is 60.7 Å². The van der Waals surface area contributed by atoms with Gasteiger partial charge in [0, 0.05) is 24.3 Å². The molecule has 0 atom stereocenters. The Hall–Kier alpha value is -2.24. The van der Waals surface area contributed by atoms with Gasteiger partial charge in [0.25, 0.3) is 0 Å². The van der Waals surface area contributed by atoms with E-state index in [0.717, 1.165) is 31.9 Å². The van der Waals surface area contributed by atoms with E-state index in [0.29, 0.717) is 0 Å². The normalized spacial score (nSPS) is 14.9. The Bertz CT molecular complexity index is 596. The van der Waals surface area contributed by atoms with Gasteiger partial charge in [0.1, 0.15) is 0 Å². The molecule has 0 amide bonds. The van der Waals surface area contributed by atoms with Gasteiger partial charge in [0.15, 0.2) is 0 Å². The molecular formula is C18H18N2. The van der Waals surface area contributed by atoms with Gasteiger partial charge in [-0.25, -0.2) is 0 Å². The summed E-state index contributed by atoms with van der Waals surface area (Å²) < 4.78 is 0. The maximum Gasteiger partial charge on any atom is 0.0716 e. The average Bonchev–Trinajstić information content (AvgIpc) is 2.98. The third kappa shape index (κ3) is 3.20. The van der Waals surface area contributed by atoms with Crippen LogP contribution in [0, 0.1) is 11.8 Å². The Balaban J connectivity index is 1.55. The van der Waals surface area contributed by atoms with E-state index in [9.17, 15) is 0 Å². The Morgan fingerprint density at radius 3 is 2.30 bits per heavy atom. The number of para-hydroxylation sites is 1. The van der Waals surface area contributed by atoms with Crippen LogP contribution in [0.1, 0.15) is 5.56 Å². The van der Waals surface area contributed by atoms with E-state index in [1.54, 1.807) is 0 Å². The summed E-state index contributed by atoms with van der Waals surface area (Å²) in [5.41, 5.74) is 2.39. The maximum atomic E-state index is 3.26. The average molecular weight is 262 g/mol. The second kappa shape index (κ2) is 6.27. The second-order valence-electron chi connectivity index (χ2n) is 4.96. The van der Waals surface area contributed by atoms with Crippen LogP contribution in [0.2, 0.25) is 0 Å². The number of hydrogen-bond acceptors (Lipinski definition) is 2. The molecule has 0 aliphatic carbocycles. The molecular weight excluding hydrogens is 244 g/mol. The van der Waals surface area contributed by atoms with Crippen molar-refractivity contribution in [3.05, 3.63) is 66.2 Å². The molecule has 0 saturated carbocycles. The highest BCUT2D eigenvalue weighted by atomic mass is 15.4. The fourth-order valence-electron chi connectivity index (χ4n) is 2.40. The van der Waals surface area contributed by atoms with Crippen LogP contribution >= 0.6 is 0 Å². The molecule has 2 nitrogen and oxygen atoms in total. The molecule has 1 aliphatic rings. The SMILES string of the molecule is C(#Cc1ccccc1)CN1CCN(c2ccccc2)C1. The largest absolute Gasteiger partial charge is 0.357 e. The lowest BCUT2D eigenvalue weighted by molar-refractivity contribution is 0.386. The molecule has 0 N–H and O–H groups in total. The van der Waals surface area contributed by atoms with E-state index in [1.165, 1.54) is 5.69 Å². The first-order chi connectivity index (χ1) is 9.92. The molecule has 3 rings (SSSR count). The van der Waals surface area contributed by atoms with Crippen molar-refractivity contribution in [2.75, 3.05) is 31.2 Å². The molecule has 0 aromatic heterocycles. The fraction of sp³-hybridized carbons (Fsp3) is 0.222. The fourth-order valence-corrected chi connectivity index (χ4v) is 2.40. The zero-order chi connectivity index (χ0) is 13.6. The van der Waals surface area contributed by atoms with Crippen molar-refractivity contribution in [1.82, 2.24) is 4.90 Å². The Kier molecular flexibility index (Phi) is 4.01. The zero-order valence-corrected chi connectivity index (χ0v) is 11.5. The quantitative estimate of drug-likeness (QED) is 0.768. The highest BCUT2D eigenvalue weighted by molar-refractivity contribution is 5.46. The van der Waals surface area contributed by atoms with Crippen molar-refractivity contribution in [3.63, 3.8) is 0 Å². The maximum absolute atomic E-state index is 3.26. The molecule has 0 unspecified atom stereocenters. The van der Waals surface area contributed by atoms with Crippen molar-refractivity contribution in [2.45, 2.75) is 0 Å². The van der Waals surface area contributed by atoms with Crippen molar-refractivity contribution in [3.8, 4) is 11.8 Å². The number of anilines is 1. The molecule has 1 saturated heterocycles. The highest BCUT2D eigenvalue weighted by Crippen LogP contribution is 2.16.